The van der Waals surface area contributed by atoms with Crippen molar-refractivity contribution in [3.8, 4) is 0 Å². The third kappa shape index (κ3) is 6.42. The summed E-state index contributed by atoms with van der Waals surface area (Å²) in [5.74, 6) is 0.864. The summed E-state index contributed by atoms with van der Waals surface area (Å²) in [4.78, 5) is 0. The minimum absolute atomic E-state index is 0.122. The lowest BCUT2D eigenvalue weighted by atomic mass is 9.64. The zero-order chi connectivity index (χ0) is 30.5. The summed E-state index contributed by atoms with van der Waals surface area (Å²) in [6.07, 6.45) is 13.7. The van der Waals surface area contributed by atoms with Gasteiger partial charge in [-0.3, -0.25) is 0 Å². The molecule has 2 heterocycles. The number of alkyl halides is 3. The number of halogens is 3. The molecule has 6 aliphatic rings. The number of fused-ring (bicyclic) bond motifs is 3. The number of allylic oxidation sites excluding steroid dienone is 1. The van der Waals surface area contributed by atoms with E-state index in [2.05, 4.69) is 31.9 Å². The number of likely N-dealkylation sites (N-methyl/N-ethyl adjacent to an activating group) is 1. The predicted octanol–water partition coefficient (Wildman–Crippen LogP) is 8.44. The fourth-order valence-electron chi connectivity index (χ4n) is 11.3. The third-order valence-corrected chi connectivity index (χ3v) is 14.1. The number of nitrogens with zero attached hydrogens (tertiary/aromatic N) is 1. The molecule has 3 nitrogen and oxygen atoms in total. The van der Waals surface area contributed by atoms with Crippen molar-refractivity contribution in [3.05, 3.63) is 23.8 Å². The Morgan fingerprint density at radius 2 is 1.79 bits per heavy atom. The molecule has 0 bridgehead atoms. The molecule has 0 amide bonds. The molecular formula is C37H60F3N2O+. The first kappa shape index (κ1) is 32.1. The number of quaternary nitrogens is 1. The summed E-state index contributed by atoms with van der Waals surface area (Å²) >= 11 is 0. The normalized spacial score (nSPS) is 45.8. The van der Waals surface area contributed by atoms with Gasteiger partial charge in [0.15, 0.2) is 0 Å². The van der Waals surface area contributed by atoms with Crippen LogP contribution in [0.4, 0.5) is 13.2 Å². The molecule has 3 saturated carbocycles. The van der Waals surface area contributed by atoms with Gasteiger partial charge in [0.25, 0.3) is 0 Å². The highest BCUT2D eigenvalue weighted by Gasteiger charge is 2.70. The first-order valence-electron chi connectivity index (χ1n) is 18.2. The molecule has 2 saturated heterocycles. The Kier molecular flexibility index (Phi) is 9.51. The van der Waals surface area contributed by atoms with Gasteiger partial charge in [-0.15, -0.1) is 0 Å². The maximum atomic E-state index is 14.4. The van der Waals surface area contributed by atoms with Crippen LogP contribution in [0.2, 0.25) is 0 Å². The van der Waals surface area contributed by atoms with E-state index in [-0.39, 0.29) is 24.2 Å². The standard InChI is InChI=1S/C37H60F3N2O/c1-23-10-14-28(20-32(23)35-31-9-7-5-6-8-30(31)34-22-42(34,35)4)36(43)24(2)27-17-16-26(33(21-27)37(38,39)40)15-11-25-12-18-29(41-3)19-13-25/h9,23,25-30,32-36,41,43H,2,5-8,10-22H2,1,3-4H3/q+1. The third-order valence-electron chi connectivity index (χ3n) is 14.1. The van der Waals surface area contributed by atoms with Gasteiger partial charge in [0.05, 0.1) is 19.1 Å². The van der Waals surface area contributed by atoms with Crippen LogP contribution in [0.1, 0.15) is 110 Å². The van der Waals surface area contributed by atoms with E-state index in [9.17, 15) is 18.3 Å². The van der Waals surface area contributed by atoms with E-state index in [0.29, 0.717) is 48.3 Å². The van der Waals surface area contributed by atoms with Crippen molar-refractivity contribution >= 4 is 0 Å². The minimum atomic E-state index is -4.18. The molecule has 0 aromatic carbocycles. The molecule has 43 heavy (non-hydrogen) atoms. The molecule has 0 spiro atoms. The predicted molar refractivity (Wildman–Crippen MR) is 168 cm³/mol. The Balaban J connectivity index is 1.08. The van der Waals surface area contributed by atoms with Crippen LogP contribution in [0.15, 0.2) is 23.8 Å². The van der Waals surface area contributed by atoms with Gasteiger partial charge in [0.2, 0.25) is 0 Å². The number of aliphatic hydroxyl groups excluding tert-OH is 1. The second-order valence-electron chi connectivity index (χ2n) is 16.4. The minimum Gasteiger partial charge on any atom is -0.388 e. The molecule has 244 valence electrons. The first-order valence-corrected chi connectivity index (χ1v) is 18.2. The lowest BCUT2D eigenvalue weighted by Crippen LogP contribution is -2.46. The number of piperidine rings is 1. The molecule has 2 N–H and O–H groups in total. The maximum Gasteiger partial charge on any atom is 0.392 e. The summed E-state index contributed by atoms with van der Waals surface area (Å²) in [5.41, 5.74) is 2.43. The summed E-state index contributed by atoms with van der Waals surface area (Å²) in [6.45, 7) is 8.06. The highest BCUT2D eigenvalue weighted by Crippen LogP contribution is 2.59. The van der Waals surface area contributed by atoms with Crippen LogP contribution in [0.5, 0.6) is 0 Å². The average Bonchev–Trinajstić information content (AvgIpc) is 3.68. The molecule has 4 aliphatic carbocycles. The molecule has 6 rings (SSSR count). The van der Waals surface area contributed by atoms with Crippen LogP contribution >= 0.6 is 0 Å². The van der Waals surface area contributed by atoms with Gasteiger partial charge in [-0.2, -0.15) is 13.2 Å². The van der Waals surface area contributed by atoms with Crippen molar-refractivity contribution in [2.24, 2.45) is 47.3 Å². The molecule has 0 radical (unpaired) electrons. The lowest BCUT2D eigenvalue weighted by molar-refractivity contribution is -0.811. The van der Waals surface area contributed by atoms with E-state index >= 15 is 0 Å². The molecule has 11 unspecified atom stereocenters. The van der Waals surface area contributed by atoms with Gasteiger partial charge in [-0.1, -0.05) is 32.4 Å². The van der Waals surface area contributed by atoms with Gasteiger partial charge >= 0.3 is 6.18 Å². The molecular weight excluding hydrogens is 545 g/mol. The number of hydrogen-bond donors (Lipinski definition) is 2. The monoisotopic (exact) mass is 605 g/mol. The van der Waals surface area contributed by atoms with Crippen LogP contribution in [0, 0.1) is 47.3 Å². The van der Waals surface area contributed by atoms with Gasteiger partial charge in [-0.25, -0.2) is 0 Å². The van der Waals surface area contributed by atoms with Gasteiger partial charge in [0, 0.05) is 17.9 Å². The summed E-state index contributed by atoms with van der Waals surface area (Å²) < 4.78 is 44.5. The Morgan fingerprint density at radius 3 is 2.51 bits per heavy atom. The van der Waals surface area contributed by atoms with Crippen LogP contribution < -0.4 is 5.32 Å². The summed E-state index contributed by atoms with van der Waals surface area (Å²) in [7, 11) is 4.48. The molecule has 6 heteroatoms. The highest BCUT2D eigenvalue weighted by atomic mass is 19.4. The molecule has 11 atom stereocenters. The molecule has 0 aromatic rings. The van der Waals surface area contributed by atoms with E-state index in [1.807, 2.05) is 7.05 Å². The second kappa shape index (κ2) is 12.7. The Morgan fingerprint density at radius 1 is 1.02 bits per heavy atom. The topological polar surface area (TPSA) is 32.3 Å². The van der Waals surface area contributed by atoms with Gasteiger partial charge in [-0.05, 0) is 138 Å². The first-order chi connectivity index (χ1) is 20.5. The van der Waals surface area contributed by atoms with Crippen molar-refractivity contribution in [1.29, 1.82) is 0 Å². The van der Waals surface area contributed by atoms with Crippen molar-refractivity contribution in [2.75, 3.05) is 20.6 Å². The van der Waals surface area contributed by atoms with Crippen LogP contribution in [0.3, 0.4) is 0 Å². The maximum absolute atomic E-state index is 14.4. The fourth-order valence-corrected chi connectivity index (χ4v) is 11.3. The van der Waals surface area contributed by atoms with E-state index in [0.717, 1.165) is 69.7 Å². The highest BCUT2D eigenvalue weighted by molar-refractivity contribution is 5.26. The summed E-state index contributed by atoms with van der Waals surface area (Å²) in [6, 6.07) is 1.94. The van der Waals surface area contributed by atoms with Crippen LogP contribution in [-0.2, 0) is 0 Å². The number of hydrogen-bond acceptors (Lipinski definition) is 2. The van der Waals surface area contributed by atoms with Crippen LogP contribution in [-0.4, -0.2) is 60.6 Å². The van der Waals surface area contributed by atoms with Crippen LogP contribution in [0.25, 0.3) is 0 Å². The van der Waals surface area contributed by atoms with E-state index in [1.54, 1.807) is 5.57 Å². The van der Waals surface area contributed by atoms with Gasteiger partial charge < -0.3 is 14.9 Å². The number of nitrogens with one attached hydrogen (secondary N) is 1. The van der Waals surface area contributed by atoms with Gasteiger partial charge in [0.1, 0.15) is 18.6 Å². The summed E-state index contributed by atoms with van der Waals surface area (Å²) in [5, 5.41) is 15.1. The Hall–Kier alpha value is -0.850. The largest absolute Gasteiger partial charge is 0.392 e. The second-order valence-corrected chi connectivity index (χ2v) is 16.4. The van der Waals surface area contributed by atoms with E-state index in [1.165, 1.54) is 36.7 Å². The van der Waals surface area contributed by atoms with Crippen molar-refractivity contribution in [3.63, 3.8) is 0 Å². The zero-order valence-corrected chi connectivity index (χ0v) is 27.3. The fraction of sp³-hybridized carbons (Fsp3) is 0.892. The van der Waals surface area contributed by atoms with E-state index < -0.39 is 18.2 Å². The van der Waals surface area contributed by atoms with E-state index in [4.69, 9.17) is 0 Å². The van der Waals surface area contributed by atoms with Crippen molar-refractivity contribution in [2.45, 2.75) is 140 Å². The average molecular weight is 606 g/mol. The smallest absolute Gasteiger partial charge is 0.388 e. The lowest BCUT2D eigenvalue weighted by Gasteiger charge is -2.44. The molecule has 5 fully saturated rings. The zero-order valence-electron chi connectivity index (χ0n) is 27.3. The number of rotatable bonds is 8. The van der Waals surface area contributed by atoms with Crippen molar-refractivity contribution < 1.29 is 22.8 Å². The number of aliphatic hydroxyl groups is 1. The Labute approximate surface area is 259 Å². The Bertz CT molecular complexity index is 1020. The van der Waals surface area contributed by atoms with Crippen molar-refractivity contribution in [1.82, 2.24) is 5.32 Å². The molecule has 2 aliphatic heterocycles. The quantitative estimate of drug-likeness (QED) is 0.165. The molecule has 0 aromatic heterocycles. The SMILES string of the molecule is C=C(C1CCC(CCC2CCC(NC)CC2)C(C(F)(F)F)C1)C(O)C1CCC(C)C(C2C3=CCCCCC3C3C[N+]32C)C1.